The summed E-state index contributed by atoms with van der Waals surface area (Å²) in [7, 11) is 0. The van der Waals surface area contributed by atoms with E-state index in [0.717, 1.165) is 37.2 Å². The Morgan fingerprint density at radius 2 is 1.38 bits per heavy atom. The molecule has 0 fully saturated rings. The molecule has 1 heteroatoms. The second-order valence-corrected chi connectivity index (χ2v) is 3.30. The first-order valence-corrected chi connectivity index (χ1v) is 4.84. The van der Waals surface area contributed by atoms with E-state index in [0.29, 0.717) is 0 Å². The molecule has 0 aromatic carbocycles. The molecule has 2 aliphatic rings. The van der Waals surface area contributed by atoms with Crippen LogP contribution in [0.4, 0.5) is 0 Å². The van der Waals surface area contributed by atoms with Crippen LogP contribution in [0.5, 0.6) is 0 Å². The molecule has 0 radical (unpaired) electrons. The van der Waals surface area contributed by atoms with Gasteiger partial charge in [0, 0.05) is 12.8 Å². The fourth-order valence-electron chi connectivity index (χ4n) is 1.50. The molecule has 0 unspecified atom stereocenters. The first-order chi connectivity index (χ1) is 6.45. The number of allylic oxidation sites excluding steroid dienone is 8. The standard InChI is InChI=1S/C12H14O/c1-3-7-11(8-4-1)13-12-9-5-2-6-10-12/h1-3,5,7,9H,4,6,8,10H2. The third-order valence-corrected chi connectivity index (χ3v) is 2.21. The molecule has 0 heterocycles. The largest absolute Gasteiger partial charge is 0.466 e. The topological polar surface area (TPSA) is 9.23 Å². The van der Waals surface area contributed by atoms with Crippen LogP contribution in [-0.2, 0) is 4.74 Å². The van der Waals surface area contributed by atoms with Crippen molar-refractivity contribution in [3.63, 3.8) is 0 Å². The van der Waals surface area contributed by atoms with Crippen molar-refractivity contribution in [1.82, 2.24) is 0 Å². The summed E-state index contributed by atoms with van der Waals surface area (Å²) in [5.41, 5.74) is 0. The van der Waals surface area contributed by atoms with Gasteiger partial charge in [0.2, 0.25) is 0 Å². The maximum Gasteiger partial charge on any atom is 0.104 e. The van der Waals surface area contributed by atoms with Crippen LogP contribution in [0, 0.1) is 0 Å². The van der Waals surface area contributed by atoms with Crippen LogP contribution in [0.25, 0.3) is 0 Å². The second kappa shape index (κ2) is 4.13. The van der Waals surface area contributed by atoms with Crippen LogP contribution in [0.15, 0.2) is 48.0 Å². The third kappa shape index (κ3) is 2.35. The summed E-state index contributed by atoms with van der Waals surface area (Å²) in [6.07, 6.45) is 16.9. The van der Waals surface area contributed by atoms with Crippen molar-refractivity contribution >= 4 is 0 Å². The molecule has 68 valence electrons. The highest BCUT2D eigenvalue weighted by atomic mass is 16.5. The van der Waals surface area contributed by atoms with E-state index in [1.54, 1.807) is 0 Å². The lowest BCUT2D eigenvalue weighted by Gasteiger charge is -2.14. The zero-order valence-corrected chi connectivity index (χ0v) is 7.70. The van der Waals surface area contributed by atoms with Gasteiger partial charge in [0.15, 0.2) is 0 Å². The second-order valence-electron chi connectivity index (χ2n) is 3.30. The van der Waals surface area contributed by atoms with Crippen molar-refractivity contribution in [3.8, 4) is 0 Å². The molecule has 0 saturated carbocycles. The summed E-state index contributed by atoms with van der Waals surface area (Å²) in [5.74, 6) is 2.20. The molecule has 1 nitrogen and oxygen atoms in total. The molecule has 0 saturated heterocycles. The van der Waals surface area contributed by atoms with Gasteiger partial charge in [0.1, 0.15) is 11.5 Å². The lowest BCUT2D eigenvalue weighted by Crippen LogP contribution is -1.97. The van der Waals surface area contributed by atoms with E-state index < -0.39 is 0 Å². The van der Waals surface area contributed by atoms with E-state index in [4.69, 9.17) is 4.74 Å². The van der Waals surface area contributed by atoms with Crippen LogP contribution in [0.1, 0.15) is 25.7 Å². The molecule has 0 spiro atoms. The van der Waals surface area contributed by atoms with E-state index >= 15 is 0 Å². The van der Waals surface area contributed by atoms with Crippen molar-refractivity contribution in [2.75, 3.05) is 0 Å². The van der Waals surface area contributed by atoms with Crippen LogP contribution in [0.3, 0.4) is 0 Å². The van der Waals surface area contributed by atoms with E-state index in [9.17, 15) is 0 Å². The molecule has 2 rings (SSSR count). The van der Waals surface area contributed by atoms with Gasteiger partial charge < -0.3 is 4.74 Å². The van der Waals surface area contributed by atoms with Gasteiger partial charge in [-0.15, -0.1) is 0 Å². The summed E-state index contributed by atoms with van der Waals surface area (Å²) in [5, 5.41) is 0. The van der Waals surface area contributed by atoms with Gasteiger partial charge in [-0.25, -0.2) is 0 Å². The summed E-state index contributed by atoms with van der Waals surface area (Å²) in [6, 6.07) is 0. The first kappa shape index (κ1) is 8.36. The van der Waals surface area contributed by atoms with Gasteiger partial charge in [-0.05, 0) is 25.0 Å². The highest BCUT2D eigenvalue weighted by Crippen LogP contribution is 2.21. The molecule has 0 aliphatic heterocycles. The Morgan fingerprint density at radius 3 is 1.77 bits per heavy atom. The van der Waals surface area contributed by atoms with Crippen molar-refractivity contribution in [2.24, 2.45) is 0 Å². The molecule has 2 aliphatic carbocycles. The summed E-state index contributed by atoms with van der Waals surface area (Å²) >= 11 is 0. The Kier molecular flexibility index (Phi) is 2.65. The van der Waals surface area contributed by atoms with Gasteiger partial charge >= 0.3 is 0 Å². The molecule has 0 N–H and O–H groups in total. The van der Waals surface area contributed by atoms with E-state index in [-0.39, 0.29) is 0 Å². The minimum Gasteiger partial charge on any atom is -0.466 e. The first-order valence-electron chi connectivity index (χ1n) is 4.84. The maximum atomic E-state index is 5.75. The van der Waals surface area contributed by atoms with E-state index in [2.05, 4.69) is 36.5 Å². The summed E-state index contributed by atoms with van der Waals surface area (Å²) < 4.78 is 5.75. The molecule has 0 bridgehead atoms. The van der Waals surface area contributed by atoms with Gasteiger partial charge in [0.25, 0.3) is 0 Å². The van der Waals surface area contributed by atoms with Crippen LogP contribution >= 0.6 is 0 Å². The number of ether oxygens (including phenoxy) is 1. The Bertz CT molecular complexity index is 262. The van der Waals surface area contributed by atoms with Crippen molar-refractivity contribution < 1.29 is 4.74 Å². The zero-order valence-electron chi connectivity index (χ0n) is 7.70. The van der Waals surface area contributed by atoms with E-state index in [1.165, 1.54) is 0 Å². The average molecular weight is 174 g/mol. The molecule has 0 aromatic heterocycles. The fraction of sp³-hybridized carbons (Fsp3) is 0.333. The zero-order chi connectivity index (χ0) is 8.93. The molecular formula is C12H14O. The quantitative estimate of drug-likeness (QED) is 0.622. The Labute approximate surface area is 79.1 Å². The SMILES string of the molecule is C1=CCCC(OC2=CC=CCC2)=C1. The van der Waals surface area contributed by atoms with Gasteiger partial charge in [-0.3, -0.25) is 0 Å². The minimum atomic E-state index is 1.04. The lowest BCUT2D eigenvalue weighted by molar-refractivity contribution is 0.276. The number of hydrogen-bond donors (Lipinski definition) is 0. The third-order valence-electron chi connectivity index (χ3n) is 2.21. The highest BCUT2D eigenvalue weighted by Gasteiger charge is 2.05. The Morgan fingerprint density at radius 1 is 0.846 bits per heavy atom. The number of hydrogen-bond acceptors (Lipinski definition) is 1. The van der Waals surface area contributed by atoms with Crippen LogP contribution in [-0.4, -0.2) is 0 Å². The Balaban J connectivity index is 1.96. The fourth-order valence-corrected chi connectivity index (χ4v) is 1.50. The van der Waals surface area contributed by atoms with E-state index in [1.807, 2.05) is 0 Å². The summed E-state index contributed by atoms with van der Waals surface area (Å²) in [4.78, 5) is 0. The monoisotopic (exact) mass is 174 g/mol. The van der Waals surface area contributed by atoms with Crippen LogP contribution in [0.2, 0.25) is 0 Å². The predicted octanol–water partition coefficient (Wildman–Crippen LogP) is 3.47. The van der Waals surface area contributed by atoms with Crippen LogP contribution < -0.4 is 0 Å². The highest BCUT2D eigenvalue weighted by molar-refractivity contribution is 5.18. The maximum absolute atomic E-state index is 5.75. The van der Waals surface area contributed by atoms with Crippen molar-refractivity contribution in [1.29, 1.82) is 0 Å². The lowest BCUT2D eigenvalue weighted by atomic mass is 10.1. The van der Waals surface area contributed by atoms with Crippen molar-refractivity contribution in [2.45, 2.75) is 25.7 Å². The van der Waals surface area contributed by atoms with Gasteiger partial charge in [0.05, 0.1) is 0 Å². The molecular weight excluding hydrogens is 160 g/mol. The average Bonchev–Trinajstić information content (AvgIpc) is 2.21. The van der Waals surface area contributed by atoms with Crippen molar-refractivity contribution in [3.05, 3.63) is 48.0 Å². The smallest absolute Gasteiger partial charge is 0.104 e. The Hall–Kier alpha value is -1.24. The number of rotatable bonds is 2. The summed E-state index contributed by atoms with van der Waals surface area (Å²) in [6.45, 7) is 0. The minimum absolute atomic E-state index is 1.04. The molecule has 0 amide bonds. The normalized spacial score (nSPS) is 20.9. The van der Waals surface area contributed by atoms with Gasteiger partial charge in [-0.1, -0.05) is 24.3 Å². The van der Waals surface area contributed by atoms with Gasteiger partial charge in [-0.2, -0.15) is 0 Å². The predicted molar refractivity (Wildman–Crippen MR) is 54.0 cm³/mol. The molecule has 13 heavy (non-hydrogen) atoms. The molecule has 0 aromatic rings. The molecule has 0 atom stereocenters.